The monoisotopic (exact) mass is 202 g/mol. The number of thioether (sulfide) groups is 1. The second-order valence-electron chi connectivity index (χ2n) is 2.29. The van der Waals surface area contributed by atoms with Crippen molar-refractivity contribution in [1.29, 1.82) is 0 Å². The van der Waals surface area contributed by atoms with Crippen LogP contribution in [0.15, 0.2) is 21.7 Å². The van der Waals surface area contributed by atoms with Crippen LogP contribution in [-0.4, -0.2) is 16.3 Å². The molecule has 0 saturated heterocycles. The van der Waals surface area contributed by atoms with Crippen LogP contribution in [-0.2, 0) is 4.79 Å². The third-order valence-corrected chi connectivity index (χ3v) is 3.83. The molecule has 2 nitrogen and oxygen atoms in total. The second kappa shape index (κ2) is 4.52. The van der Waals surface area contributed by atoms with Crippen molar-refractivity contribution in [3.8, 4) is 0 Å². The van der Waals surface area contributed by atoms with Gasteiger partial charge in [-0.05, 0) is 17.9 Å². The third-order valence-electron chi connectivity index (χ3n) is 1.40. The Morgan fingerprint density at radius 2 is 2.58 bits per heavy atom. The van der Waals surface area contributed by atoms with E-state index < -0.39 is 5.97 Å². The molecule has 0 radical (unpaired) electrons. The topological polar surface area (TPSA) is 37.3 Å². The van der Waals surface area contributed by atoms with E-state index in [-0.39, 0.29) is 5.25 Å². The maximum Gasteiger partial charge on any atom is 0.317 e. The van der Waals surface area contributed by atoms with Crippen LogP contribution in [0.2, 0.25) is 0 Å². The standard InChI is InChI=1S/C8H10O2S2/c1-2-6(8(9)10)12-7-4-3-5-11-7/h3-6H,2H2,1H3,(H,9,10). The average Bonchev–Trinajstić information content (AvgIpc) is 2.51. The number of thiophene rings is 1. The minimum atomic E-state index is -0.726. The van der Waals surface area contributed by atoms with E-state index in [0.717, 1.165) is 4.21 Å². The van der Waals surface area contributed by atoms with Gasteiger partial charge in [0, 0.05) is 0 Å². The van der Waals surface area contributed by atoms with Crippen molar-refractivity contribution >= 4 is 29.1 Å². The van der Waals surface area contributed by atoms with Gasteiger partial charge in [-0.1, -0.05) is 13.0 Å². The first-order valence-electron chi connectivity index (χ1n) is 3.67. The summed E-state index contributed by atoms with van der Waals surface area (Å²) in [7, 11) is 0. The Bertz CT molecular complexity index is 244. The van der Waals surface area contributed by atoms with E-state index in [1.807, 2.05) is 24.4 Å². The van der Waals surface area contributed by atoms with E-state index in [1.54, 1.807) is 11.3 Å². The highest BCUT2D eigenvalue weighted by Crippen LogP contribution is 2.29. The lowest BCUT2D eigenvalue weighted by Gasteiger charge is -2.06. The molecule has 1 unspecified atom stereocenters. The predicted molar refractivity (Wildman–Crippen MR) is 51.9 cm³/mol. The fraction of sp³-hybridized carbons (Fsp3) is 0.375. The lowest BCUT2D eigenvalue weighted by molar-refractivity contribution is -0.136. The highest BCUT2D eigenvalue weighted by molar-refractivity contribution is 8.02. The second-order valence-corrected chi connectivity index (χ2v) is 4.74. The Hall–Kier alpha value is -0.480. The van der Waals surface area contributed by atoms with E-state index in [2.05, 4.69) is 0 Å². The molecule has 4 heteroatoms. The lowest BCUT2D eigenvalue weighted by atomic mass is 10.3. The molecule has 0 spiro atoms. The number of aliphatic carboxylic acids is 1. The van der Waals surface area contributed by atoms with Crippen LogP contribution in [0.3, 0.4) is 0 Å². The molecule has 1 rings (SSSR count). The molecule has 0 aliphatic rings. The summed E-state index contributed by atoms with van der Waals surface area (Å²) < 4.78 is 1.07. The van der Waals surface area contributed by atoms with E-state index >= 15 is 0 Å². The Labute approximate surface area is 79.6 Å². The summed E-state index contributed by atoms with van der Waals surface area (Å²) in [6, 6.07) is 3.88. The molecular weight excluding hydrogens is 192 g/mol. The molecule has 0 saturated carbocycles. The van der Waals surface area contributed by atoms with Gasteiger partial charge in [-0.2, -0.15) is 0 Å². The van der Waals surface area contributed by atoms with Crippen molar-refractivity contribution in [2.75, 3.05) is 0 Å². The molecule has 0 aliphatic heterocycles. The largest absolute Gasteiger partial charge is 0.480 e. The number of hydrogen-bond donors (Lipinski definition) is 1. The van der Waals surface area contributed by atoms with Crippen LogP contribution >= 0.6 is 23.1 Å². The highest BCUT2D eigenvalue weighted by Gasteiger charge is 2.16. The smallest absolute Gasteiger partial charge is 0.317 e. The summed E-state index contributed by atoms with van der Waals surface area (Å²) in [5.74, 6) is -0.726. The van der Waals surface area contributed by atoms with Gasteiger partial charge in [-0.15, -0.1) is 23.1 Å². The fourth-order valence-electron chi connectivity index (χ4n) is 0.779. The van der Waals surface area contributed by atoms with Crippen molar-refractivity contribution in [3.63, 3.8) is 0 Å². The van der Waals surface area contributed by atoms with Gasteiger partial charge in [0.05, 0.1) is 4.21 Å². The minimum Gasteiger partial charge on any atom is -0.480 e. The molecule has 66 valence electrons. The maximum absolute atomic E-state index is 10.6. The fourth-order valence-corrected chi connectivity index (χ4v) is 2.67. The Morgan fingerprint density at radius 1 is 1.83 bits per heavy atom. The number of carbonyl (C=O) groups is 1. The molecule has 0 aliphatic carbocycles. The van der Waals surface area contributed by atoms with Gasteiger partial charge in [0.2, 0.25) is 0 Å². The Balaban J connectivity index is 2.54. The summed E-state index contributed by atoms with van der Waals surface area (Å²) in [4.78, 5) is 10.6. The van der Waals surface area contributed by atoms with Crippen LogP contribution in [0.1, 0.15) is 13.3 Å². The van der Waals surface area contributed by atoms with Crippen molar-refractivity contribution < 1.29 is 9.90 Å². The third kappa shape index (κ3) is 2.53. The van der Waals surface area contributed by atoms with E-state index in [4.69, 9.17) is 5.11 Å². The van der Waals surface area contributed by atoms with Gasteiger partial charge in [-0.25, -0.2) is 0 Å². The zero-order valence-electron chi connectivity index (χ0n) is 6.69. The summed E-state index contributed by atoms with van der Waals surface area (Å²) in [5.41, 5.74) is 0. The summed E-state index contributed by atoms with van der Waals surface area (Å²) in [5, 5.41) is 10.4. The summed E-state index contributed by atoms with van der Waals surface area (Å²) >= 11 is 3.01. The van der Waals surface area contributed by atoms with Crippen molar-refractivity contribution in [2.24, 2.45) is 0 Å². The molecule has 1 heterocycles. The first kappa shape index (κ1) is 9.61. The molecule has 1 N–H and O–H groups in total. The molecule has 1 aromatic heterocycles. The van der Waals surface area contributed by atoms with Gasteiger partial charge in [0.15, 0.2) is 0 Å². The van der Waals surface area contributed by atoms with E-state index in [1.165, 1.54) is 11.8 Å². The quantitative estimate of drug-likeness (QED) is 0.763. The normalized spacial score (nSPS) is 12.8. The number of carboxylic acid groups (broad SMARTS) is 1. The van der Waals surface area contributed by atoms with Crippen molar-refractivity contribution in [2.45, 2.75) is 22.8 Å². The predicted octanol–water partition coefficient (Wildman–Crippen LogP) is 2.70. The van der Waals surface area contributed by atoms with Crippen LogP contribution in [0, 0.1) is 0 Å². The first-order chi connectivity index (χ1) is 5.74. The van der Waals surface area contributed by atoms with Crippen molar-refractivity contribution in [1.82, 2.24) is 0 Å². The zero-order chi connectivity index (χ0) is 8.97. The summed E-state index contributed by atoms with van der Waals surface area (Å²) in [6.45, 7) is 1.89. The Morgan fingerprint density at radius 3 is 3.00 bits per heavy atom. The number of carboxylic acids is 1. The minimum absolute atomic E-state index is 0.302. The molecule has 0 aromatic carbocycles. The highest BCUT2D eigenvalue weighted by atomic mass is 32.2. The molecule has 1 atom stereocenters. The van der Waals surface area contributed by atoms with Gasteiger partial charge in [0.1, 0.15) is 5.25 Å². The lowest BCUT2D eigenvalue weighted by Crippen LogP contribution is -2.14. The van der Waals surface area contributed by atoms with E-state index in [9.17, 15) is 4.79 Å². The molecule has 1 aromatic rings. The summed E-state index contributed by atoms with van der Waals surface area (Å²) in [6.07, 6.45) is 0.665. The van der Waals surface area contributed by atoms with Crippen LogP contribution in [0.5, 0.6) is 0 Å². The van der Waals surface area contributed by atoms with Crippen LogP contribution in [0.25, 0.3) is 0 Å². The van der Waals surface area contributed by atoms with Crippen LogP contribution < -0.4 is 0 Å². The average molecular weight is 202 g/mol. The number of rotatable bonds is 4. The van der Waals surface area contributed by atoms with Gasteiger partial charge < -0.3 is 5.11 Å². The molecule has 12 heavy (non-hydrogen) atoms. The first-order valence-corrected chi connectivity index (χ1v) is 5.43. The van der Waals surface area contributed by atoms with E-state index in [0.29, 0.717) is 6.42 Å². The number of hydrogen-bond acceptors (Lipinski definition) is 3. The molecule has 0 fully saturated rings. The SMILES string of the molecule is CCC(Sc1cccs1)C(=O)O. The van der Waals surface area contributed by atoms with Crippen LogP contribution in [0.4, 0.5) is 0 Å². The zero-order valence-corrected chi connectivity index (χ0v) is 8.32. The molecular formula is C8H10O2S2. The Kier molecular flexibility index (Phi) is 3.62. The van der Waals surface area contributed by atoms with Gasteiger partial charge >= 0.3 is 5.97 Å². The van der Waals surface area contributed by atoms with Gasteiger partial charge in [0.25, 0.3) is 0 Å². The van der Waals surface area contributed by atoms with Crippen molar-refractivity contribution in [3.05, 3.63) is 17.5 Å². The molecule has 0 amide bonds. The molecule has 0 bridgehead atoms. The maximum atomic E-state index is 10.6. The van der Waals surface area contributed by atoms with Gasteiger partial charge in [-0.3, -0.25) is 4.79 Å².